The van der Waals surface area contributed by atoms with Gasteiger partial charge in [-0.1, -0.05) is 39.7 Å². The maximum absolute atomic E-state index is 12.4. The Morgan fingerprint density at radius 3 is 2.61 bits per heavy atom. The summed E-state index contributed by atoms with van der Waals surface area (Å²) < 4.78 is 23.1. The highest BCUT2D eigenvalue weighted by molar-refractivity contribution is 9.10. The number of hydrogen-bond donors (Lipinski definition) is 2. The van der Waals surface area contributed by atoms with Gasteiger partial charge in [-0.2, -0.15) is 0 Å². The largest absolute Gasteiger partial charge is 0.493 e. The lowest BCUT2D eigenvalue weighted by Crippen LogP contribution is -2.21. The number of ether oxygens (including phenoxy) is 4. The minimum atomic E-state index is -0.250. The number of halogens is 1. The zero-order valence-electron chi connectivity index (χ0n) is 18.4. The van der Waals surface area contributed by atoms with Crippen LogP contribution in [-0.2, 0) is 17.9 Å². The first-order chi connectivity index (χ1) is 16.0. The van der Waals surface area contributed by atoms with Gasteiger partial charge in [0.2, 0.25) is 6.79 Å². The van der Waals surface area contributed by atoms with Gasteiger partial charge >= 0.3 is 0 Å². The van der Waals surface area contributed by atoms with Gasteiger partial charge in [-0.15, -0.1) is 0 Å². The van der Waals surface area contributed by atoms with Crippen LogP contribution in [0.15, 0.2) is 59.1 Å². The molecule has 3 aromatic carbocycles. The van der Waals surface area contributed by atoms with Crippen molar-refractivity contribution in [1.82, 2.24) is 5.32 Å². The van der Waals surface area contributed by atoms with E-state index >= 15 is 0 Å². The monoisotopic (exact) mass is 512 g/mol. The lowest BCUT2D eigenvalue weighted by atomic mass is 10.1. The van der Waals surface area contributed by atoms with Crippen LogP contribution in [-0.4, -0.2) is 26.4 Å². The average Bonchev–Trinajstić information content (AvgIpc) is 3.28. The first-order valence-electron chi connectivity index (χ1n) is 10.5. The van der Waals surface area contributed by atoms with Crippen molar-refractivity contribution in [2.24, 2.45) is 0 Å². The normalized spacial score (nSPS) is 11.8. The smallest absolute Gasteiger partial charge is 0.262 e. The highest BCUT2D eigenvalue weighted by Crippen LogP contribution is 2.37. The molecule has 0 saturated heterocycles. The first-order valence-corrected chi connectivity index (χ1v) is 11.3. The predicted molar refractivity (Wildman–Crippen MR) is 129 cm³/mol. The Morgan fingerprint density at radius 1 is 1.03 bits per heavy atom. The molecule has 1 heterocycles. The van der Waals surface area contributed by atoms with Gasteiger partial charge in [-0.3, -0.25) is 4.79 Å². The number of hydrogen-bond acceptors (Lipinski definition) is 6. The number of amides is 1. The molecule has 1 aliphatic heterocycles. The molecule has 1 amide bonds. The molecule has 7 nitrogen and oxygen atoms in total. The van der Waals surface area contributed by atoms with Crippen LogP contribution in [0.4, 0.5) is 5.69 Å². The highest BCUT2D eigenvalue weighted by atomic mass is 79.9. The number of methoxy groups -OCH3 is 1. The van der Waals surface area contributed by atoms with E-state index in [2.05, 4.69) is 26.6 Å². The predicted octanol–water partition coefficient (Wildman–Crippen LogP) is 4.80. The van der Waals surface area contributed by atoms with Gasteiger partial charge in [0.1, 0.15) is 0 Å². The number of fused-ring (bicyclic) bond motifs is 1. The summed E-state index contributed by atoms with van der Waals surface area (Å²) in [7, 11) is 1.58. The van der Waals surface area contributed by atoms with Crippen LogP contribution in [0.3, 0.4) is 0 Å². The van der Waals surface area contributed by atoms with Gasteiger partial charge in [-0.25, -0.2) is 0 Å². The number of carbonyl (C=O) groups excluding carboxylic acids is 1. The van der Waals surface area contributed by atoms with Crippen molar-refractivity contribution >= 4 is 27.5 Å². The highest BCUT2D eigenvalue weighted by Gasteiger charge is 2.17. The number of anilines is 1. The number of carbonyl (C=O) groups is 1. The molecular formula is C25H25BrN2O5. The average molecular weight is 513 g/mol. The quantitative estimate of drug-likeness (QED) is 0.428. The molecule has 0 atom stereocenters. The molecule has 1 aliphatic rings. The molecule has 4 rings (SSSR count). The van der Waals surface area contributed by atoms with E-state index in [-0.39, 0.29) is 19.3 Å². The van der Waals surface area contributed by atoms with Crippen LogP contribution in [0, 0.1) is 6.92 Å². The van der Waals surface area contributed by atoms with Crippen LogP contribution in [0.2, 0.25) is 0 Å². The molecule has 0 aliphatic carbocycles. The third kappa shape index (κ3) is 5.77. The minimum Gasteiger partial charge on any atom is -0.493 e. The summed E-state index contributed by atoms with van der Waals surface area (Å²) in [5.74, 6) is 2.33. The maximum atomic E-state index is 12.4. The summed E-state index contributed by atoms with van der Waals surface area (Å²) in [4.78, 5) is 12.4. The summed E-state index contributed by atoms with van der Waals surface area (Å²) in [5, 5.41) is 6.25. The third-order valence-electron chi connectivity index (χ3n) is 5.14. The van der Waals surface area contributed by atoms with E-state index in [1.165, 1.54) is 0 Å². The van der Waals surface area contributed by atoms with E-state index in [1.54, 1.807) is 13.2 Å². The fraction of sp³-hybridized carbons (Fsp3) is 0.240. The van der Waals surface area contributed by atoms with Gasteiger partial charge in [0, 0.05) is 28.8 Å². The molecule has 0 aromatic heterocycles. The summed E-state index contributed by atoms with van der Waals surface area (Å²) in [5.41, 5.74) is 3.78. The second-order valence-corrected chi connectivity index (χ2v) is 8.41. The van der Waals surface area contributed by atoms with Crippen LogP contribution in [0.1, 0.15) is 16.7 Å². The van der Waals surface area contributed by atoms with E-state index in [0.29, 0.717) is 24.6 Å². The molecule has 8 heteroatoms. The topological polar surface area (TPSA) is 78.1 Å². The van der Waals surface area contributed by atoms with Gasteiger partial charge < -0.3 is 29.6 Å². The molecular weight excluding hydrogens is 488 g/mol. The fourth-order valence-electron chi connectivity index (χ4n) is 3.42. The Kier molecular flexibility index (Phi) is 7.36. The Morgan fingerprint density at radius 2 is 1.82 bits per heavy atom. The molecule has 33 heavy (non-hydrogen) atoms. The summed E-state index contributed by atoms with van der Waals surface area (Å²) >= 11 is 3.59. The number of rotatable bonds is 9. The second-order valence-electron chi connectivity index (χ2n) is 7.55. The van der Waals surface area contributed by atoms with Crippen molar-refractivity contribution in [2.45, 2.75) is 20.0 Å². The molecule has 2 N–H and O–H groups in total. The van der Waals surface area contributed by atoms with Crippen LogP contribution in [0.5, 0.6) is 23.0 Å². The van der Waals surface area contributed by atoms with Gasteiger partial charge in [0.15, 0.2) is 29.6 Å². The standard InChI is InChI=1S/C25H25BrN2O5/c1-16-3-6-18(7-4-16)28-24(29)14-31-25-19(20(26)8-10-22(25)30-2)13-27-12-17-5-9-21-23(11-17)33-15-32-21/h3-11,27H,12-15H2,1-2H3,(H,28,29). The Balaban J connectivity index is 1.41. The molecule has 0 fully saturated rings. The molecule has 0 saturated carbocycles. The number of benzene rings is 3. The molecule has 0 unspecified atom stereocenters. The maximum Gasteiger partial charge on any atom is 0.262 e. The van der Waals surface area contributed by atoms with Crippen molar-refractivity contribution in [3.8, 4) is 23.0 Å². The van der Waals surface area contributed by atoms with E-state index in [9.17, 15) is 4.79 Å². The van der Waals surface area contributed by atoms with E-state index in [1.807, 2.05) is 55.5 Å². The third-order valence-corrected chi connectivity index (χ3v) is 5.88. The summed E-state index contributed by atoms with van der Waals surface area (Å²) in [6, 6.07) is 17.2. The molecule has 0 bridgehead atoms. The van der Waals surface area contributed by atoms with Crippen molar-refractivity contribution in [2.75, 3.05) is 25.8 Å². The van der Waals surface area contributed by atoms with E-state index in [0.717, 1.165) is 38.3 Å². The summed E-state index contributed by atoms with van der Waals surface area (Å²) in [6.07, 6.45) is 0. The van der Waals surface area contributed by atoms with E-state index in [4.69, 9.17) is 18.9 Å². The lowest BCUT2D eigenvalue weighted by molar-refractivity contribution is -0.118. The Bertz CT molecular complexity index is 1130. The SMILES string of the molecule is COc1ccc(Br)c(CNCc2ccc3c(c2)OCO3)c1OCC(=O)Nc1ccc(C)cc1. The van der Waals surface area contributed by atoms with Gasteiger partial charge in [0.25, 0.3) is 5.91 Å². The van der Waals surface area contributed by atoms with Gasteiger partial charge in [-0.05, 0) is 48.9 Å². The zero-order valence-corrected chi connectivity index (χ0v) is 20.0. The van der Waals surface area contributed by atoms with Crippen molar-refractivity contribution in [3.05, 3.63) is 75.8 Å². The zero-order chi connectivity index (χ0) is 23.2. The second kappa shape index (κ2) is 10.6. The van der Waals surface area contributed by atoms with Crippen LogP contribution >= 0.6 is 15.9 Å². The molecule has 0 radical (unpaired) electrons. The van der Waals surface area contributed by atoms with Gasteiger partial charge in [0.05, 0.1) is 7.11 Å². The van der Waals surface area contributed by atoms with Crippen molar-refractivity contribution < 1.29 is 23.7 Å². The summed E-state index contributed by atoms with van der Waals surface area (Å²) in [6.45, 7) is 3.22. The minimum absolute atomic E-state index is 0.143. The molecule has 172 valence electrons. The van der Waals surface area contributed by atoms with Crippen molar-refractivity contribution in [1.29, 1.82) is 0 Å². The van der Waals surface area contributed by atoms with Crippen molar-refractivity contribution in [3.63, 3.8) is 0 Å². The van der Waals surface area contributed by atoms with Crippen LogP contribution < -0.4 is 29.6 Å². The van der Waals surface area contributed by atoms with Crippen LogP contribution in [0.25, 0.3) is 0 Å². The fourth-order valence-corrected chi connectivity index (χ4v) is 3.87. The van der Waals surface area contributed by atoms with E-state index < -0.39 is 0 Å². The Labute approximate surface area is 201 Å². The molecule has 0 spiro atoms. The number of aryl methyl sites for hydroxylation is 1. The molecule has 3 aromatic rings. The first kappa shape index (κ1) is 22.9. The lowest BCUT2D eigenvalue weighted by Gasteiger charge is -2.17. The Hall–Kier alpha value is -3.23. The number of nitrogens with one attached hydrogen (secondary N) is 2.